The number of carbonyl (C=O) groups excluding carboxylic acids is 3. The standard InChI is InChI=1S/C31H38N4O8/c1-20(33-24(29(38)39)13-12-21-8-4-2-5-9-21)28(37)35-25(30(40)41)16-23-14-15-34(18-26(23)35)27(36)17-32-31(42)43-19-22-10-6-3-7-11-22/h2-11,20,23-26,33H,12-19H2,1H3,(H,32,42)(H,38,39)(H,40,41)/t20-,23+,24+,25+,26-/m0/s1. The van der Waals surface area contributed by atoms with Crippen LogP contribution in [0, 0.1) is 5.92 Å². The summed E-state index contributed by atoms with van der Waals surface area (Å²) in [6.07, 6.45) is 0.743. The van der Waals surface area contributed by atoms with Gasteiger partial charge in [0.05, 0.1) is 12.1 Å². The Balaban J connectivity index is 1.35. The van der Waals surface area contributed by atoms with E-state index in [2.05, 4.69) is 10.6 Å². The number of amides is 3. The Morgan fingerprint density at radius 3 is 2.26 bits per heavy atom. The van der Waals surface area contributed by atoms with Crippen molar-refractivity contribution in [3.8, 4) is 0 Å². The number of hydrogen-bond donors (Lipinski definition) is 4. The Bertz CT molecular complexity index is 1290. The predicted molar refractivity (Wildman–Crippen MR) is 155 cm³/mol. The van der Waals surface area contributed by atoms with E-state index in [0.29, 0.717) is 19.4 Å². The smallest absolute Gasteiger partial charge is 0.407 e. The van der Waals surface area contributed by atoms with E-state index in [1.807, 2.05) is 60.7 Å². The molecule has 4 rings (SSSR count). The molecule has 0 aliphatic carbocycles. The van der Waals surface area contributed by atoms with Crippen molar-refractivity contribution in [3.63, 3.8) is 0 Å². The average molecular weight is 595 g/mol. The van der Waals surface area contributed by atoms with Crippen LogP contribution in [0.15, 0.2) is 60.7 Å². The van der Waals surface area contributed by atoms with Crippen molar-refractivity contribution in [1.82, 2.24) is 20.4 Å². The number of aliphatic carboxylic acids is 2. The summed E-state index contributed by atoms with van der Waals surface area (Å²) in [7, 11) is 0. The largest absolute Gasteiger partial charge is 0.480 e. The molecule has 0 bridgehead atoms. The van der Waals surface area contributed by atoms with E-state index < -0.39 is 48.1 Å². The highest BCUT2D eigenvalue weighted by atomic mass is 16.5. The van der Waals surface area contributed by atoms with Crippen LogP contribution in [0.1, 0.15) is 37.3 Å². The first kappa shape index (κ1) is 31.5. The molecule has 2 aliphatic rings. The van der Waals surface area contributed by atoms with Crippen LogP contribution < -0.4 is 10.6 Å². The van der Waals surface area contributed by atoms with Crippen LogP contribution in [0.5, 0.6) is 0 Å². The number of benzene rings is 2. The third-order valence-corrected chi connectivity index (χ3v) is 8.11. The van der Waals surface area contributed by atoms with Crippen molar-refractivity contribution in [1.29, 1.82) is 0 Å². The van der Waals surface area contributed by atoms with Crippen LogP contribution in [0.3, 0.4) is 0 Å². The van der Waals surface area contributed by atoms with E-state index in [4.69, 9.17) is 4.74 Å². The molecule has 2 aliphatic heterocycles. The topological polar surface area (TPSA) is 166 Å². The minimum atomic E-state index is -1.14. The van der Waals surface area contributed by atoms with Crippen molar-refractivity contribution in [2.75, 3.05) is 19.6 Å². The van der Waals surface area contributed by atoms with Gasteiger partial charge in [-0.15, -0.1) is 0 Å². The zero-order valence-electron chi connectivity index (χ0n) is 24.1. The summed E-state index contributed by atoms with van der Waals surface area (Å²) in [6.45, 7) is 1.76. The van der Waals surface area contributed by atoms with Crippen LogP contribution in [-0.2, 0) is 36.9 Å². The summed E-state index contributed by atoms with van der Waals surface area (Å²) in [6, 6.07) is 14.9. The summed E-state index contributed by atoms with van der Waals surface area (Å²) < 4.78 is 5.15. The third-order valence-electron chi connectivity index (χ3n) is 8.11. The van der Waals surface area contributed by atoms with E-state index in [-0.39, 0.29) is 44.4 Å². The number of rotatable bonds is 12. The van der Waals surface area contributed by atoms with Crippen molar-refractivity contribution in [2.45, 2.75) is 63.4 Å². The van der Waals surface area contributed by atoms with Gasteiger partial charge in [-0.25, -0.2) is 9.59 Å². The Hall–Kier alpha value is -4.45. The highest BCUT2D eigenvalue weighted by molar-refractivity contribution is 5.89. The number of nitrogens with zero attached hydrogens (tertiary/aromatic N) is 2. The molecule has 5 atom stereocenters. The van der Waals surface area contributed by atoms with Gasteiger partial charge < -0.3 is 30.1 Å². The maximum Gasteiger partial charge on any atom is 0.407 e. The van der Waals surface area contributed by atoms with Gasteiger partial charge in [-0.1, -0.05) is 60.7 Å². The summed E-state index contributed by atoms with van der Waals surface area (Å²) in [4.78, 5) is 65.7. The molecule has 230 valence electrons. The van der Waals surface area contributed by atoms with Crippen molar-refractivity contribution in [2.24, 2.45) is 5.92 Å². The third kappa shape index (κ3) is 8.31. The number of ether oxygens (including phenoxy) is 1. The number of carboxylic acids is 2. The highest BCUT2D eigenvalue weighted by Gasteiger charge is 2.50. The van der Waals surface area contributed by atoms with E-state index in [1.165, 1.54) is 16.7 Å². The summed E-state index contributed by atoms with van der Waals surface area (Å²) in [5.41, 5.74) is 1.77. The lowest BCUT2D eigenvalue weighted by atomic mass is 9.91. The van der Waals surface area contributed by atoms with Gasteiger partial charge in [0, 0.05) is 13.1 Å². The lowest BCUT2D eigenvalue weighted by Crippen LogP contribution is -2.59. The van der Waals surface area contributed by atoms with Crippen LogP contribution in [0.2, 0.25) is 0 Å². The Labute approximate surface area is 250 Å². The minimum Gasteiger partial charge on any atom is -0.480 e. The summed E-state index contributed by atoms with van der Waals surface area (Å²) in [5, 5.41) is 25.1. The van der Waals surface area contributed by atoms with Crippen LogP contribution >= 0.6 is 0 Å². The number of alkyl carbamates (subject to hydrolysis) is 1. The maximum atomic E-state index is 13.7. The van der Waals surface area contributed by atoms with Gasteiger partial charge >= 0.3 is 18.0 Å². The average Bonchev–Trinajstić information content (AvgIpc) is 3.40. The van der Waals surface area contributed by atoms with Gasteiger partial charge in [0.2, 0.25) is 11.8 Å². The number of nitrogens with one attached hydrogen (secondary N) is 2. The molecular weight excluding hydrogens is 556 g/mol. The van der Waals surface area contributed by atoms with Crippen molar-refractivity contribution < 1.29 is 38.9 Å². The van der Waals surface area contributed by atoms with Gasteiger partial charge in [-0.3, -0.25) is 19.7 Å². The zero-order valence-corrected chi connectivity index (χ0v) is 24.1. The molecule has 0 spiro atoms. The lowest BCUT2D eigenvalue weighted by Gasteiger charge is -2.40. The fourth-order valence-electron chi connectivity index (χ4n) is 5.83. The number of fused-ring (bicyclic) bond motifs is 1. The van der Waals surface area contributed by atoms with Gasteiger partial charge in [-0.05, 0) is 49.7 Å². The van der Waals surface area contributed by atoms with Crippen LogP contribution in [0.25, 0.3) is 0 Å². The molecule has 2 heterocycles. The molecule has 0 aromatic heterocycles. The fraction of sp³-hybridized carbons (Fsp3) is 0.452. The van der Waals surface area contributed by atoms with E-state index in [9.17, 15) is 34.2 Å². The molecular formula is C31H38N4O8. The van der Waals surface area contributed by atoms with Gasteiger partial charge in [0.25, 0.3) is 0 Å². The molecule has 2 aromatic rings. The molecule has 43 heavy (non-hydrogen) atoms. The molecule has 0 radical (unpaired) electrons. The first-order chi connectivity index (χ1) is 20.6. The second-order valence-electron chi connectivity index (χ2n) is 11.0. The molecule has 2 saturated heterocycles. The second-order valence-corrected chi connectivity index (χ2v) is 11.0. The minimum absolute atomic E-state index is 0.0587. The van der Waals surface area contributed by atoms with Crippen LogP contribution in [0.4, 0.5) is 4.79 Å². The fourth-order valence-corrected chi connectivity index (χ4v) is 5.83. The molecule has 0 unspecified atom stereocenters. The number of hydrogen-bond acceptors (Lipinski definition) is 7. The molecule has 2 aromatic carbocycles. The lowest BCUT2D eigenvalue weighted by molar-refractivity contribution is -0.152. The molecule has 3 amide bonds. The number of likely N-dealkylation sites (tertiary alicyclic amines) is 2. The van der Waals surface area contributed by atoms with E-state index >= 15 is 0 Å². The number of carboxylic acid groups (broad SMARTS) is 2. The molecule has 12 nitrogen and oxygen atoms in total. The first-order valence-corrected chi connectivity index (χ1v) is 14.4. The van der Waals surface area contributed by atoms with Gasteiger partial charge in [0.1, 0.15) is 25.2 Å². The van der Waals surface area contributed by atoms with Crippen molar-refractivity contribution >= 4 is 29.8 Å². The number of carbonyl (C=O) groups is 5. The van der Waals surface area contributed by atoms with E-state index in [0.717, 1.165) is 11.1 Å². The summed E-state index contributed by atoms with van der Waals surface area (Å²) >= 11 is 0. The number of aryl methyl sites for hydroxylation is 1. The first-order valence-electron chi connectivity index (χ1n) is 14.4. The molecule has 12 heteroatoms. The SMILES string of the molecule is C[C@H](N[C@H](CCc1ccccc1)C(=O)O)C(=O)N1[C@@H](C(=O)O)C[C@H]2CCN(C(=O)CNC(=O)OCc3ccccc3)C[C@@H]21. The Kier molecular flexibility index (Phi) is 10.7. The quantitative estimate of drug-likeness (QED) is 0.287. The van der Waals surface area contributed by atoms with Crippen LogP contribution in [-0.4, -0.2) is 93.7 Å². The van der Waals surface area contributed by atoms with Crippen molar-refractivity contribution in [3.05, 3.63) is 71.8 Å². The Morgan fingerprint density at radius 1 is 0.977 bits per heavy atom. The van der Waals surface area contributed by atoms with Gasteiger partial charge in [0.15, 0.2) is 0 Å². The highest BCUT2D eigenvalue weighted by Crippen LogP contribution is 2.36. The number of piperidine rings is 1. The molecule has 0 saturated carbocycles. The monoisotopic (exact) mass is 594 g/mol. The van der Waals surface area contributed by atoms with Gasteiger partial charge in [-0.2, -0.15) is 0 Å². The maximum absolute atomic E-state index is 13.7. The Morgan fingerprint density at radius 2 is 1.63 bits per heavy atom. The predicted octanol–water partition coefficient (Wildman–Crippen LogP) is 1.88. The molecule has 4 N–H and O–H groups in total. The van der Waals surface area contributed by atoms with E-state index in [1.54, 1.807) is 0 Å². The normalized spacial score (nSPS) is 20.9. The molecule has 2 fully saturated rings. The zero-order chi connectivity index (χ0) is 30.9. The second kappa shape index (κ2) is 14.6. The summed E-state index contributed by atoms with van der Waals surface area (Å²) in [5.74, 6) is -3.27.